The first-order valence-electron chi connectivity index (χ1n) is 7.31. The van der Waals surface area contributed by atoms with E-state index in [1.54, 1.807) is 0 Å². The number of rotatable bonds is 5. The topological polar surface area (TPSA) is 42.7 Å². The second-order valence-electron chi connectivity index (χ2n) is 5.23. The van der Waals surface area contributed by atoms with E-state index >= 15 is 0 Å². The molecule has 0 aliphatic rings. The minimum atomic E-state index is 0.268. The second kappa shape index (κ2) is 6.18. The van der Waals surface area contributed by atoms with Gasteiger partial charge in [-0.3, -0.25) is 0 Å². The molecule has 1 unspecified atom stereocenters. The fourth-order valence-corrected chi connectivity index (χ4v) is 2.69. The van der Waals surface area contributed by atoms with E-state index in [-0.39, 0.29) is 6.04 Å². The number of nitrogens with zero attached hydrogens (tertiary/aromatic N) is 3. The van der Waals surface area contributed by atoms with E-state index in [2.05, 4.69) is 61.5 Å². The first-order valence-corrected chi connectivity index (χ1v) is 7.31. The van der Waals surface area contributed by atoms with Gasteiger partial charge >= 0.3 is 0 Å². The Bertz CT molecular complexity index is 582. The highest BCUT2D eigenvalue weighted by atomic mass is 15.4. The molecule has 0 saturated carbocycles. The highest BCUT2D eigenvalue weighted by Gasteiger charge is 2.19. The van der Waals surface area contributed by atoms with Gasteiger partial charge in [0.15, 0.2) is 0 Å². The molecule has 1 heterocycles. The Morgan fingerprint density at radius 2 is 2.00 bits per heavy atom. The quantitative estimate of drug-likeness (QED) is 0.909. The molecule has 108 valence electrons. The van der Waals surface area contributed by atoms with Crippen molar-refractivity contribution >= 4 is 0 Å². The Balaban J connectivity index is 2.52. The smallest absolute Gasteiger partial charge is 0.103 e. The van der Waals surface area contributed by atoms with E-state index in [0.717, 1.165) is 24.2 Å². The molecule has 20 heavy (non-hydrogen) atoms. The monoisotopic (exact) mass is 272 g/mol. The molecule has 0 fully saturated rings. The maximum absolute atomic E-state index is 4.42. The maximum Gasteiger partial charge on any atom is 0.103 e. The van der Waals surface area contributed by atoms with E-state index in [1.807, 2.05) is 11.7 Å². The Morgan fingerprint density at radius 1 is 1.25 bits per heavy atom. The van der Waals surface area contributed by atoms with Crippen molar-refractivity contribution in [3.63, 3.8) is 0 Å². The number of nitrogens with one attached hydrogen (secondary N) is 1. The van der Waals surface area contributed by atoms with Crippen LogP contribution >= 0.6 is 0 Å². The first kappa shape index (κ1) is 14.7. The molecule has 4 nitrogen and oxygen atoms in total. The fraction of sp³-hybridized carbons (Fsp3) is 0.500. The van der Waals surface area contributed by atoms with Crippen molar-refractivity contribution < 1.29 is 0 Å². The Labute approximate surface area is 121 Å². The number of hydrogen-bond acceptors (Lipinski definition) is 3. The summed E-state index contributed by atoms with van der Waals surface area (Å²) in [5.41, 5.74) is 5.88. The fourth-order valence-electron chi connectivity index (χ4n) is 2.69. The van der Waals surface area contributed by atoms with Gasteiger partial charge in [-0.1, -0.05) is 36.8 Å². The van der Waals surface area contributed by atoms with Gasteiger partial charge in [-0.2, -0.15) is 0 Å². The Kier molecular flexibility index (Phi) is 4.55. The summed E-state index contributed by atoms with van der Waals surface area (Å²) in [7, 11) is 1.98. The first-order chi connectivity index (χ1) is 9.62. The van der Waals surface area contributed by atoms with Gasteiger partial charge in [-0.15, -0.1) is 5.10 Å². The molecule has 2 aromatic rings. The maximum atomic E-state index is 4.42. The summed E-state index contributed by atoms with van der Waals surface area (Å²) >= 11 is 0. The molecule has 0 aliphatic carbocycles. The van der Waals surface area contributed by atoms with Crippen molar-refractivity contribution in [1.82, 2.24) is 20.3 Å². The van der Waals surface area contributed by atoms with Gasteiger partial charge in [0.1, 0.15) is 5.69 Å². The largest absolute Gasteiger partial charge is 0.312 e. The zero-order valence-electron chi connectivity index (χ0n) is 13.1. The average Bonchev–Trinajstić information content (AvgIpc) is 2.84. The molecule has 0 radical (unpaired) electrons. The normalized spacial score (nSPS) is 12.7. The number of aryl methyl sites for hydroxylation is 2. The standard InChI is InChI=1S/C16H24N4/c1-6-13(17-5)16-14(7-2)20(19-18-16)15-9-8-11(3)10-12(15)4/h8-10,13,17H,6-7H2,1-5H3. The molecular formula is C16H24N4. The van der Waals surface area contributed by atoms with Crippen LogP contribution in [0.1, 0.15) is 48.8 Å². The lowest BCUT2D eigenvalue weighted by Crippen LogP contribution is -2.17. The summed E-state index contributed by atoms with van der Waals surface area (Å²) in [5, 5.41) is 12.1. The lowest BCUT2D eigenvalue weighted by molar-refractivity contribution is 0.555. The predicted octanol–water partition coefficient (Wildman–Crippen LogP) is 3.12. The van der Waals surface area contributed by atoms with Crippen LogP contribution in [0, 0.1) is 13.8 Å². The van der Waals surface area contributed by atoms with Gasteiger partial charge in [0, 0.05) is 0 Å². The lowest BCUT2D eigenvalue weighted by Gasteiger charge is -2.14. The third kappa shape index (κ3) is 2.61. The van der Waals surface area contributed by atoms with E-state index in [4.69, 9.17) is 0 Å². The molecule has 0 aliphatic heterocycles. The number of aromatic nitrogens is 3. The summed E-state index contributed by atoms with van der Waals surface area (Å²) in [5.74, 6) is 0. The number of benzene rings is 1. The van der Waals surface area contributed by atoms with Gasteiger partial charge in [-0.05, 0) is 45.4 Å². The van der Waals surface area contributed by atoms with Crippen LogP contribution in [0.4, 0.5) is 0 Å². The summed E-state index contributed by atoms with van der Waals surface area (Å²) in [6, 6.07) is 6.71. The van der Waals surface area contributed by atoms with Crippen molar-refractivity contribution in [2.45, 2.75) is 46.6 Å². The van der Waals surface area contributed by atoms with Gasteiger partial charge in [0.2, 0.25) is 0 Å². The van der Waals surface area contributed by atoms with Crippen molar-refractivity contribution in [2.24, 2.45) is 0 Å². The third-order valence-corrected chi connectivity index (χ3v) is 3.80. The van der Waals surface area contributed by atoms with Gasteiger partial charge in [-0.25, -0.2) is 4.68 Å². The molecule has 0 bridgehead atoms. The van der Waals surface area contributed by atoms with Crippen LogP contribution in [-0.2, 0) is 6.42 Å². The van der Waals surface area contributed by atoms with Crippen molar-refractivity contribution in [3.05, 3.63) is 40.7 Å². The van der Waals surface area contributed by atoms with Crippen LogP contribution in [0.2, 0.25) is 0 Å². The summed E-state index contributed by atoms with van der Waals surface area (Å²) < 4.78 is 1.99. The van der Waals surface area contributed by atoms with Crippen LogP contribution in [0.5, 0.6) is 0 Å². The summed E-state index contributed by atoms with van der Waals surface area (Å²) in [6.07, 6.45) is 1.93. The van der Waals surface area contributed by atoms with Gasteiger partial charge < -0.3 is 5.32 Å². The molecular weight excluding hydrogens is 248 g/mol. The van der Waals surface area contributed by atoms with Crippen LogP contribution in [0.15, 0.2) is 18.2 Å². The van der Waals surface area contributed by atoms with E-state index in [9.17, 15) is 0 Å². The van der Waals surface area contributed by atoms with Crippen LogP contribution in [0.25, 0.3) is 5.69 Å². The van der Waals surface area contributed by atoms with Crippen LogP contribution < -0.4 is 5.32 Å². The predicted molar refractivity (Wildman–Crippen MR) is 82.3 cm³/mol. The second-order valence-corrected chi connectivity index (χ2v) is 5.23. The molecule has 0 amide bonds. The highest BCUT2D eigenvalue weighted by Crippen LogP contribution is 2.23. The zero-order chi connectivity index (χ0) is 14.7. The molecule has 0 spiro atoms. The Morgan fingerprint density at radius 3 is 2.55 bits per heavy atom. The molecule has 1 atom stereocenters. The molecule has 1 aromatic carbocycles. The van der Waals surface area contributed by atoms with E-state index in [1.165, 1.54) is 16.8 Å². The average molecular weight is 272 g/mol. The van der Waals surface area contributed by atoms with Crippen molar-refractivity contribution in [3.8, 4) is 5.69 Å². The van der Waals surface area contributed by atoms with E-state index < -0.39 is 0 Å². The highest BCUT2D eigenvalue weighted by molar-refractivity contribution is 5.43. The lowest BCUT2D eigenvalue weighted by atomic mass is 10.1. The molecule has 2 rings (SSSR count). The molecule has 0 saturated heterocycles. The number of hydrogen-bond donors (Lipinski definition) is 1. The van der Waals surface area contributed by atoms with Crippen LogP contribution in [-0.4, -0.2) is 22.0 Å². The van der Waals surface area contributed by atoms with Crippen molar-refractivity contribution in [2.75, 3.05) is 7.05 Å². The van der Waals surface area contributed by atoms with E-state index in [0.29, 0.717) is 0 Å². The van der Waals surface area contributed by atoms with Crippen LogP contribution in [0.3, 0.4) is 0 Å². The summed E-state index contributed by atoms with van der Waals surface area (Å²) in [6.45, 7) is 8.55. The van der Waals surface area contributed by atoms with Gasteiger partial charge in [0.25, 0.3) is 0 Å². The molecule has 1 N–H and O–H groups in total. The Hall–Kier alpha value is -1.68. The zero-order valence-corrected chi connectivity index (χ0v) is 13.1. The summed E-state index contributed by atoms with van der Waals surface area (Å²) in [4.78, 5) is 0. The minimum Gasteiger partial charge on any atom is -0.312 e. The molecule has 4 heteroatoms. The third-order valence-electron chi connectivity index (χ3n) is 3.80. The van der Waals surface area contributed by atoms with Gasteiger partial charge in [0.05, 0.1) is 17.4 Å². The SMILES string of the molecule is CCc1c(C(CC)NC)nnn1-c1ccc(C)cc1C. The molecule has 1 aromatic heterocycles. The van der Waals surface area contributed by atoms with Crippen molar-refractivity contribution in [1.29, 1.82) is 0 Å². The minimum absolute atomic E-state index is 0.268.